The summed E-state index contributed by atoms with van der Waals surface area (Å²) in [5, 5.41) is 3.03. The summed E-state index contributed by atoms with van der Waals surface area (Å²) in [6, 6.07) is 16.4. The van der Waals surface area contributed by atoms with Crippen molar-refractivity contribution in [3.8, 4) is 5.75 Å². The van der Waals surface area contributed by atoms with Crippen molar-refractivity contribution in [1.82, 2.24) is 10.2 Å². The average molecular weight is 354 g/mol. The van der Waals surface area contributed by atoms with E-state index in [1.54, 1.807) is 7.11 Å². The molecule has 0 bridgehead atoms. The quantitative estimate of drug-likeness (QED) is 0.750. The van der Waals surface area contributed by atoms with Crippen LogP contribution >= 0.6 is 0 Å². The first-order valence-corrected chi connectivity index (χ1v) is 9.22. The van der Waals surface area contributed by atoms with E-state index >= 15 is 0 Å². The molecule has 0 fully saturated rings. The Hall–Kier alpha value is -2.33. The molecule has 1 unspecified atom stereocenters. The number of hydrogen-bond donors (Lipinski definition) is 1. The normalized spacial score (nSPS) is 12.0. The third-order valence-electron chi connectivity index (χ3n) is 4.78. The minimum Gasteiger partial charge on any atom is -0.497 e. The lowest BCUT2D eigenvalue weighted by Crippen LogP contribution is -2.43. The van der Waals surface area contributed by atoms with Crippen LogP contribution in [-0.2, 0) is 24.2 Å². The lowest BCUT2D eigenvalue weighted by molar-refractivity contribution is -0.125. The Morgan fingerprint density at radius 2 is 1.62 bits per heavy atom. The van der Waals surface area contributed by atoms with Gasteiger partial charge in [0.15, 0.2) is 0 Å². The number of nitrogens with one attached hydrogen (secondary N) is 1. The number of amides is 1. The summed E-state index contributed by atoms with van der Waals surface area (Å²) in [6.07, 6.45) is 1.85. The van der Waals surface area contributed by atoms with Crippen LogP contribution in [-0.4, -0.2) is 37.6 Å². The monoisotopic (exact) mass is 354 g/mol. The Morgan fingerprint density at radius 1 is 1.04 bits per heavy atom. The largest absolute Gasteiger partial charge is 0.497 e. The van der Waals surface area contributed by atoms with Gasteiger partial charge in [-0.3, -0.25) is 9.69 Å². The summed E-state index contributed by atoms with van der Waals surface area (Å²) in [6.45, 7) is 5.49. The minimum atomic E-state index is -0.170. The highest BCUT2D eigenvalue weighted by molar-refractivity contribution is 5.81. The molecule has 0 radical (unpaired) electrons. The van der Waals surface area contributed by atoms with Gasteiger partial charge in [0, 0.05) is 13.1 Å². The molecule has 1 atom stereocenters. The Labute approximate surface area is 157 Å². The van der Waals surface area contributed by atoms with Gasteiger partial charge in [0.1, 0.15) is 5.75 Å². The van der Waals surface area contributed by atoms with Crippen LogP contribution < -0.4 is 10.1 Å². The Bertz CT molecular complexity index is 680. The standard InChI is InChI=1S/C22H30N2O2/c1-5-18-6-8-20(9-7-18)16-24(3)17(2)22(25)23-15-14-19-10-12-21(26-4)13-11-19/h6-13,17H,5,14-16H2,1-4H3,(H,23,25). The van der Waals surface area contributed by atoms with Gasteiger partial charge in [0.25, 0.3) is 0 Å². The van der Waals surface area contributed by atoms with Crippen molar-refractivity contribution in [2.24, 2.45) is 0 Å². The number of methoxy groups -OCH3 is 1. The van der Waals surface area contributed by atoms with Gasteiger partial charge in [0.2, 0.25) is 5.91 Å². The Morgan fingerprint density at radius 3 is 2.19 bits per heavy atom. The lowest BCUT2D eigenvalue weighted by Gasteiger charge is -2.24. The molecule has 1 N–H and O–H groups in total. The highest BCUT2D eigenvalue weighted by atomic mass is 16.5. The van der Waals surface area contributed by atoms with E-state index in [0.717, 1.165) is 25.1 Å². The predicted octanol–water partition coefficient (Wildman–Crippen LogP) is 3.44. The maximum absolute atomic E-state index is 12.4. The van der Waals surface area contributed by atoms with E-state index in [9.17, 15) is 4.79 Å². The predicted molar refractivity (Wildman–Crippen MR) is 106 cm³/mol. The van der Waals surface area contributed by atoms with Gasteiger partial charge in [-0.05, 0) is 55.6 Å². The molecular formula is C22H30N2O2. The third kappa shape index (κ3) is 5.88. The third-order valence-corrected chi connectivity index (χ3v) is 4.78. The molecule has 0 aliphatic rings. The minimum absolute atomic E-state index is 0.0613. The molecule has 0 saturated heterocycles. The van der Waals surface area contributed by atoms with Gasteiger partial charge >= 0.3 is 0 Å². The molecule has 0 aliphatic carbocycles. The molecule has 4 heteroatoms. The Balaban J connectivity index is 1.77. The number of rotatable bonds is 9. The molecule has 140 valence electrons. The molecule has 26 heavy (non-hydrogen) atoms. The van der Waals surface area contributed by atoms with Gasteiger partial charge in [-0.2, -0.15) is 0 Å². The molecule has 4 nitrogen and oxygen atoms in total. The molecule has 2 rings (SSSR count). The summed E-state index contributed by atoms with van der Waals surface area (Å²) in [7, 11) is 3.65. The van der Waals surface area contributed by atoms with Gasteiger partial charge in [-0.1, -0.05) is 43.3 Å². The maximum Gasteiger partial charge on any atom is 0.237 e. The van der Waals surface area contributed by atoms with E-state index in [0.29, 0.717) is 6.54 Å². The number of carbonyl (C=O) groups is 1. The molecule has 0 saturated carbocycles. The fourth-order valence-electron chi connectivity index (χ4n) is 2.78. The molecule has 2 aromatic carbocycles. The van der Waals surface area contributed by atoms with E-state index in [1.165, 1.54) is 16.7 Å². The molecule has 0 spiro atoms. The summed E-state index contributed by atoms with van der Waals surface area (Å²) in [4.78, 5) is 14.5. The highest BCUT2D eigenvalue weighted by Gasteiger charge is 2.17. The topological polar surface area (TPSA) is 41.6 Å². The zero-order valence-electron chi connectivity index (χ0n) is 16.3. The van der Waals surface area contributed by atoms with Gasteiger partial charge in [-0.15, -0.1) is 0 Å². The van der Waals surface area contributed by atoms with Gasteiger partial charge < -0.3 is 10.1 Å². The molecule has 0 aromatic heterocycles. The lowest BCUT2D eigenvalue weighted by atomic mass is 10.1. The van der Waals surface area contributed by atoms with Crippen molar-refractivity contribution in [3.63, 3.8) is 0 Å². The second-order valence-corrected chi connectivity index (χ2v) is 6.65. The first kappa shape index (κ1) is 20.0. The molecule has 0 heterocycles. The van der Waals surface area contributed by atoms with Crippen LogP contribution in [0.4, 0.5) is 0 Å². The number of benzene rings is 2. The van der Waals surface area contributed by atoms with Crippen LogP contribution in [0.2, 0.25) is 0 Å². The number of likely N-dealkylation sites (N-methyl/N-ethyl adjacent to an activating group) is 1. The summed E-state index contributed by atoms with van der Waals surface area (Å²) in [5.41, 5.74) is 3.74. The Kier molecular flexibility index (Phi) is 7.67. The van der Waals surface area contributed by atoms with Crippen molar-refractivity contribution in [2.45, 2.75) is 39.3 Å². The molecule has 0 aliphatic heterocycles. The number of aryl methyl sites for hydroxylation is 1. The zero-order chi connectivity index (χ0) is 18.9. The number of ether oxygens (including phenoxy) is 1. The number of nitrogens with zero attached hydrogens (tertiary/aromatic N) is 1. The van der Waals surface area contributed by atoms with E-state index in [4.69, 9.17) is 4.74 Å². The van der Waals surface area contributed by atoms with E-state index < -0.39 is 0 Å². The van der Waals surface area contributed by atoms with Crippen LogP contribution in [0.1, 0.15) is 30.5 Å². The van der Waals surface area contributed by atoms with Crippen molar-refractivity contribution >= 4 is 5.91 Å². The second kappa shape index (κ2) is 9.97. The van der Waals surface area contributed by atoms with Crippen LogP contribution in [0.15, 0.2) is 48.5 Å². The van der Waals surface area contributed by atoms with E-state index in [-0.39, 0.29) is 11.9 Å². The molecular weight excluding hydrogens is 324 g/mol. The second-order valence-electron chi connectivity index (χ2n) is 6.65. The van der Waals surface area contributed by atoms with Crippen molar-refractivity contribution in [2.75, 3.05) is 20.7 Å². The van der Waals surface area contributed by atoms with Crippen molar-refractivity contribution < 1.29 is 9.53 Å². The number of hydrogen-bond acceptors (Lipinski definition) is 3. The maximum atomic E-state index is 12.4. The molecule has 2 aromatic rings. The smallest absolute Gasteiger partial charge is 0.237 e. The van der Waals surface area contributed by atoms with Crippen LogP contribution in [0.3, 0.4) is 0 Å². The fourth-order valence-corrected chi connectivity index (χ4v) is 2.78. The highest BCUT2D eigenvalue weighted by Crippen LogP contribution is 2.12. The van der Waals surface area contributed by atoms with Gasteiger partial charge in [0.05, 0.1) is 13.2 Å². The fraction of sp³-hybridized carbons (Fsp3) is 0.409. The summed E-state index contributed by atoms with van der Waals surface area (Å²) >= 11 is 0. The van der Waals surface area contributed by atoms with Crippen LogP contribution in [0.25, 0.3) is 0 Å². The first-order valence-electron chi connectivity index (χ1n) is 9.22. The van der Waals surface area contributed by atoms with Crippen LogP contribution in [0, 0.1) is 0 Å². The molecule has 1 amide bonds. The average Bonchev–Trinajstić information content (AvgIpc) is 2.68. The van der Waals surface area contributed by atoms with Gasteiger partial charge in [-0.25, -0.2) is 0 Å². The van der Waals surface area contributed by atoms with Crippen molar-refractivity contribution in [3.05, 3.63) is 65.2 Å². The summed E-state index contributed by atoms with van der Waals surface area (Å²) < 4.78 is 5.16. The van der Waals surface area contributed by atoms with Crippen molar-refractivity contribution in [1.29, 1.82) is 0 Å². The van der Waals surface area contributed by atoms with Crippen LogP contribution in [0.5, 0.6) is 5.75 Å². The SMILES string of the molecule is CCc1ccc(CN(C)C(C)C(=O)NCCc2ccc(OC)cc2)cc1. The first-order chi connectivity index (χ1) is 12.5. The van der Waals surface area contributed by atoms with E-state index in [2.05, 4.69) is 41.4 Å². The van der Waals surface area contributed by atoms with E-state index in [1.807, 2.05) is 38.2 Å². The zero-order valence-corrected chi connectivity index (χ0v) is 16.3. The number of carbonyl (C=O) groups excluding carboxylic acids is 1. The summed E-state index contributed by atoms with van der Waals surface area (Å²) in [5.74, 6) is 0.909.